The summed E-state index contributed by atoms with van der Waals surface area (Å²) < 4.78 is 15.1. The Kier molecular flexibility index (Phi) is 3.61. The first-order chi connectivity index (χ1) is 9.56. The third-order valence-corrected chi connectivity index (χ3v) is 4.30. The fourth-order valence-electron chi connectivity index (χ4n) is 2.71. The Labute approximate surface area is 126 Å². The molecule has 1 aliphatic carbocycles. The summed E-state index contributed by atoms with van der Waals surface area (Å²) in [4.78, 5) is 0. The molecule has 0 saturated carbocycles. The maximum atomic E-state index is 13.2. The molecule has 20 heavy (non-hydrogen) atoms. The van der Waals surface area contributed by atoms with Crippen LogP contribution in [0, 0.1) is 5.82 Å². The van der Waals surface area contributed by atoms with Gasteiger partial charge < -0.3 is 5.32 Å². The van der Waals surface area contributed by atoms with E-state index in [1.165, 1.54) is 17.8 Å². The van der Waals surface area contributed by atoms with Crippen LogP contribution in [0.1, 0.15) is 30.1 Å². The van der Waals surface area contributed by atoms with Crippen molar-refractivity contribution in [3.63, 3.8) is 0 Å². The van der Waals surface area contributed by atoms with Gasteiger partial charge in [-0.1, -0.05) is 23.2 Å². The fraction of sp³-hybridized carbons (Fsp3) is 0.357. The average Bonchev–Trinajstić information content (AvgIpc) is 2.77. The number of aromatic nitrogens is 2. The molecular formula is C14H14Cl2FN3. The van der Waals surface area contributed by atoms with E-state index in [1.54, 1.807) is 0 Å². The van der Waals surface area contributed by atoms with Gasteiger partial charge in [-0.3, -0.25) is 4.68 Å². The van der Waals surface area contributed by atoms with Crippen molar-refractivity contribution in [3.8, 4) is 0 Å². The molecule has 0 fully saturated rings. The second kappa shape index (κ2) is 5.26. The van der Waals surface area contributed by atoms with Gasteiger partial charge in [0, 0.05) is 18.3 Å². The molecule has 6 heteroatoms. The van der Waals surface area contributed by atoms with E-state index in [0.717, 1.165) is 24.8 Å². The lowest BCUT2D eigenvalue weighted by atomic mass is 9.93. The Morgan fingerprint density at radius 1 is 1.35 bits per heavy atom. The summed E-state index contributed by atoms with van der Waals surface area (Å²) in [6.45, 7) is 0. The first-order valence-electron chi connectivity index (χ1n) is 6.48. The SMILES string of the molecule is Cn1ncc2c1CCCC2Nc1c(Cl)cc(F)cc1Cl. The predicted molar refractivity (Wildman–Crippen MR) is 78.9 cm³/mol. The van der Waals surface area contributed by atoms with Crippen LogP contribution in [-0.4, -0.2) is 9.78 Å². The normalized spacial score (nSPS) is 17.9. The van der Waals surface area contributed by atoms with Crippen LogP contribution in [0.4, 0.5) is 10.1 Å². The van der Waals surface area contributed by atoms with Crippen molar-refractivity contribution in [2.75, 3.05) is 5.32 Å². The molecule has 1 aromatic heterocycles. The second-order valence-corrected chi connectivity index (χ2v) is 5.82. The first kappa shape index (κ1) is 13.7. The van der Waals surface area contributed by atoms with Crippen LogP contribution in [0.3, 0.4) is 0 Å². The minimum Gasteiger partial charge on any atom is -0.376 e. The Bertz CT molecular complexity index is 631. The molecule has 1 aliphatic rings. The van der Waals surface area contributed by atoms with E-state index < -0.39 is 5.82 Å². The molecule has 0 radical (unpaired) electrons. The lowest BCUT2D eigenvalue weighted by Gasteiger charge is -2.25. The molecule has 1 atom stereocenters. The number of aryl methyl sites for hydroxylation is 1. The summed E-state index contributed by atoms with van der Waals surface area (Å²) in [6.07, 6.45) is 4.94. The molecule has 0 spiro atoms. The van der Waals surface area contributed by atoms with Gasteiger partial charge in [-0.05, 0) is 31.4 Å². The predicted octanol–water partition coefficient (Wildman–Crippen LogP) is 4.36. The van der Waals surface area contributed by atoms with Gasteiger partial charge in [0.15, 0.2) is 0 Å². The molecule has 3 nitrogen and oxygen atoms in total. The number of halogens is 3. The highest BCUT2D eigenvalue weighted by Gasteiger charge is 2.24. The summed E-state index contributed by atoms with van der Waals surface area (Å²) in [5, 5.41) is 8.22. The summed E-state index contributed by atoms with van der Waals surface area (Å²) in [5.41, 5.74) is 2.97. The van der Waals surface area contributed by atoms with Gasteiger partial charge in [-0.2, -0.15) is 5.10 Å². The molecule has 0 saturated heterocycles. The van der Waals surface area contributed by atoms with Crippen LogP contribution in [0.15, 0.2) is 18.3 Å². The average molecular weight is 314 g/mol. The molecule has 2 aromatic rings. The van der Waals surface area contributed by atoms with Gasteiger partial charge in [0.25, 0.3) is 0 Å². The van der Waals surface area contributed by atoms with E-state index >= 15 is 0 Å². The van der Waals surface area contributed by atoms with E-state index in [4.69, 9.17) is 23.2 Å². The number of nitrogens with zero attached hydrogens (tertiary/aromatic N) is 2. The number of benzene rings is 1. The highest BCUT2D eigenvalue weighted by atomic mass is 35.5. The maximum absolute atomic E-state index is 13.2. The molecule has 1 aromatic carbocycles. The molecule has 1 unspecified atom stereocenters. The third kappa shape index (κ3) is 2.38. The number of nitrogens with one attached hydrogen (secondary N) is 1. The van der Waals surface area contributed by atoms with Crippen LogP contribution in [0.5, 0.6) is 0 Å². The van der Waals surface area contributed by atoms with Gasteiger partial charge in [-0.25, -0.2) is 4.39 Å². The van der Waals surface area contributed by atoms with Crippen molar-refractivity contribution in [2.24, 2.45) is 7.05 Å². The van der Waals surface area contributed by atoms with E-state index in [2.05, 4.69) is 10.4 Å². The van der Waals surface area contributed by atoms with Crippen LogP contribution in [0.2, 0.25) is 10.0 Å². The first-order valence-corrected chi connectivity index (χ1v) is 7.23. The van der Waals surface area contributed by atoms with Gasteiger partial charge >= 0.3 is 0 Å². The van der Waals surface area contributed by atoms with E-state index in [1.807, 2.05) is 17.9 Å². The number of hydrogen-bond acceptors (Lipinski definition) is 2. The minimum atomic E-state index is -0.434. The quantitative estimate of drug-likeness (QED) is 0.893. The van der Waals surface area contributed by atoms with Crippen LogP contribution in [-0.2, 0) is 13.5 Å². The second-order valence-electron chi connectivity index (χ2n) is 5.00. The zero-order valence-corrected chi connectivity index (χ0v) is 12.5. The molecular weight excluding hydrogens is 300 g/mol. The zero-order chi connectivity index (χ0) is 14.3. The Balaban J connectivity index is 1.93. The number of rotatable bonds is 2. The fourth-order valence-corrected chi connectivity index (χ4v) is 3.28. The lowest BCUT2D eigenvalue weighted by molar-refractivity contribution is 0.571. The highest BCUT2D eigenvalue weighted by Crippen LogP contribution is 2.38. The van der Waals surface area contributed by atoms with Gasteiger partial charge in [-0.15, -0.1) is 0 Å². The summed E-state index contributed by atoms with van der Waals surface area (Å²) in [7, 11) is 1.94. The van der Waals surface area contributed by atoms with Gasteiger partial charge in [0.2, 0.25) is 0 Å². The Hall–Kier alpha value is -1.26. The number of anilines is 1. The topological polar surface area (TPSA) is 29.9 Å². The van der Waals surface area contributed by atoms with E-state index in [0.29, 0.717) is 15.7 Å². The molecule has 0 bridgehead atoms. The van der Waals surface area contributed by atoms with Gasteiger partial charge in [0.05, 0.1) is 28.0 Å². The van der Waals surface area contributed by atoms with Crippen molar-refractivity contribution < 1.29 is 4.39 Å². The summed E-state index contributed by atoms with van der Waals surface area (Å²) in [6, 6.07) is 2.64. The highest BCUT2D eigenvalue weighted by molar-refractivity contribution is 6.39. The summed E-state index contributed by atoms with van der Waals surface area (Å²) in [5.74, 6) is -0.434. The van der Waals surface area contributed by atoms with E-state index in [9.17, 15) is 4.39 Å². The molecule has 0 amide bonds. The largest absolute Gasteiger partial charge is 0.376 e. The molecule has 106 valence electrons. The monoisotopic (exact) mass is 313 g/mol. The minimum absolute atomic E-state index is 0.105. The Morgan fingerprint density at radius 2 is 2.05 bits per heavy atom. The maximum Gasteiger partial charge on any atom is 0.126 e. The number of hydrogen-bond donors (Lipinski definition) is 1. The summed E-state index contributed by atoms with van der Waals surface area (Å²) >= 11 is 12.2. The van der Waals surface area contributed by atoms with Crippen molar-refractivity contribution in [1.82, 2.24) is 9.78 Å². The number of fused-ring (bicyclic) bond motifs is 1. The van der Waals surface area contributed by atoms with Crippen molar-refractivity contribution in [2.45, 2.75) is 25.3 Å². The molecule has 3 rings (SSSR count). The van der Waals surface area contributed by atoms with Crippen LogP contribution in [0.25, 0.3) is 0 Å². The van der Waals surface area contributed by atoms with E-state index in [-0.39, 0.29) is 6.04 Å². The standard InChI is InChI=1S/C14H14Cl2FN3/c1-20-13-4-2-3-12(9(13)7-18-20)19-14-10(15)5-8(17)6-11(14)16/h5-7,12,19H,2-4H2,1H3. The van der Waals surface area contributed by atoms with Crippen LogP contribution >= 0.6 is 23.2 Å². The lowest BCUT2D eigenvalue weighted by Crippen LogP contribution is -2.18. The zero-order valence-electron chi connectivity index (χ0n) is 11.0. The molecule has 0 aliphatic heterocycles. The molecule has 1 N–H and O–H groups in total. The third-order valence-electron chi connectivity index (χ3n) is 3.70. The van der Waals surface area contributed by atoms with Crippen molar-refractivity contribution >= 4 is 28.9 Å². The molecule has 1 heterocycles. The van der Waals surface area contributed by atoms with Gasteiger partial charge in [0.1, 0.15) is 5.82 Å². The Morgan fingerprint density at radius 3 is 2.75 bits per heavy atom. The smallest absolute Gasteiger partial charge is 0.126 e. The van der Waals surface area contributed by atoms with Crippen molar-refractivity contribution in [1.29, 1.82) is 0 Å². The van der Waals surface area contributed by atoms with Crippen molar-refractivity contribution in [3.05, 3.63) is 45.4 Å². The van der Waals surface area contributed by atoms with Crippen LogP contribution < -0.4 is 5.32 Å².